The van der Waals surface area contributed by atoms with Crippen molar-refractivity contribution in [3.8, 4) is 0 Å². The van der Waals surface area contributed by atoms with Crippen LogP contribution in [-0.4, -0.2) is 23.9 Å². The minimum absolute atomic E-state index is 0.428. The van der Waals surface area contributed by atoms with Crippen molar-refractivity contribution in [2.75, 3.05) is 7.11 Å². The van der Waals surface area contributed by atoms with Crippen LogP contribution in [0.4, 0.5) is 0 Å². The van der Waals surface area contributed by atoms with Crippen molar-refractivity contribution in [2.24, 2.45) is 0 Å². The van der Waals surface area contributed by atoms with Crippen molar-refractivity contribution in [3.63, 3.8) is 0 Å². The lowest BCUT2D eigenvalue weighted by Gasteiger charge is -2.35. The van der Waals surface area contributed by atoms with E-state index in [4.69, 9.17) is 4.74 Å². The van der Waals surface area contributed by atoms with E-state index in [0.29, 0.717) is 6.42 Å². The van der Waals surface area contributed by atoms with Gasteiger partial charge in [0.1, 0.15) is 0 Å². The number of benzene rings is 1. The molecule has 0 aliphatic heterocycles. The number of methoxy groups -OCH3 is 1. The zero-order valence-corrected chi connectivity index (χ0v) is 12.3. The van der Waals surface area contributed by atoms with Crippen LogP contribution < -0.4 is 0 Å². The summed E-state index contributed by atoms with van der Waals surface area (Å²) < 4.78 is 6.58. The van der Waals surface area contributed by atoms with E-state index in [0.717, 1.165) is 22.9 Å². The fourth-order valence-corrected chi connectivity index (χ4v) is 2.67. The normalized spacial score (nSPS) is 13.7. The van der Waals surface area contributed by atoms with Crippen LogP contribution in [-0.2, 0) is 11.2 Å². The molecule has 1 unspecified atom stereocenters. The Hall–Kier alpha value is -0.380. The van der Waals surface area contributed by atoms with Crippen molar-refractivity contribution in [1.82, 2.24) is 0 Å². The van der Waals surface area contributed by atoms with Crippen LogP contribution >= 0.6 is 15.9 Å². The van der Waals surface area contributed by atoms with E-state index in [-0.39, 0.29) is 0 Å². The molecule has 0 aliphatic rings. The standard InChI is InChI=1S/C14H21BrO2/c1-4-14(5-2,17-3)13(16)10-11-7-6-8-12(15)9-11/h6-9,13,16H,4-5,10H2,1-3H3. The smallest absolute Gasteiger partial charge is 0.0934 e. The molecule has 0 bridgehead atoms. The van der Waals surface area contributed by atoms with Crippen LogP contribution in [0.5, 0.6) is 0 Å². The van der Waals surface area contributed by atoms with Gasteiger partial charge >= 0.3 is 0 Å². The van der Waals surface area contributed by atoms with Gasteiger partial charge in [-0.2, -0.15) is 0 Å². The molecule has 0 fully saturated rings. The summed E-state index contributed by atoms with van der Waals surface area (Å²) in [6, 6.07) is 8.03. The predicted octanol–water partition coefficient (Wildman–Crippen LogP) is 3.56. The molecule has 1 aromatic rings. The summed E-state index contributed by atoms with van der Waals surface area (Å²) >= 11 is 3.44. The van der Waals surface area contributed by atoms with E-state index in [1.165, 1.54) is 0 Å². The van der Waals surface area contributed by atoms with Gasteiger partial charge in [0, 0.05) is 18.0 Å². The summed E-state index contributed by atoms with van der Waals surface area (Å²) in [5, 5.41) is 10.4. The third-order valence-corrected chi connectivity index (χ3v) is 4.02. The highest BCUT2D eigenvalue weighted by Crippen LogP contribution is 2.27. The Labute approximate surface area is 112 Å². The van der Waals surface area contributed by atoms with Gasteiger partial charge in [0.05, 0.1) is 11.7 Å². The van der Waals surface area contributed by atoms with E-state index >= 15 is 0 Å². The molecule has 1 rings (SSSR count). The van der Waals surface area contributed by atoms with E-state index in [9.17, 15) is 5.11 Å². The maximum Gasteiger partial charge on any atom is 0.0934 e. The lowest BCUT2D eigenvalue weighted by molar-refractivity contribution is -0.106. The lowest BCUT2D eigenvalue weighted by atomic mass is 9.86. The lowest BCUT2D eigenvalue weighted by Crippen LogP contribution is -2.44. The average Bonchev–Trinajstić information content (AvgIpc) is 2.32. The molecule has 0 saturated carbocycles. The molecule has 0 heterocycles. The Morgan fingerprint density at radius 3 is 2.47 bits per heavy atom. The molecule has 17 heavy (non-hydrogen) atoms. The molecule has 0 amide bonds. The molecule has 2 nitrogen and oxygen atoms in total. The molecular formula is C14H21BrO2. The maximum atomic E-state index is 10.4. The SMILES string of the molecule is CCC(CC)(OC)C(O)Cc1cccc(Br)c1. The van der Waals surface area contributed by atoms with Crippen molar-refractivity contribution < 1.29 is 9.84 Å². The summed E-state index contributed by atoms with van der Waals surface area (Å²) in [5.41, 5.74) is 0.692. The van der Waals surface area contributed by atoms with Crippen molar-refractivity contribution in [1.29, 1.82) is 0 Å². The molecule has 1 aromatic carbocycles. The van der Waals surface area contributed by atoms with Gasteiger partial charge in [-0.1, -0.05) is 41.9 Å². The molecule has 96 valence electrons. The Kier molecular flexibility index (Phi) is 5.63. The number of hydrogen-bond acceptors (Lipinski definition) is 2. The fraction of sp³-hybridized carbons (Fsp3) is 0.571. The predicted molar refractivity (Wildman–Crippen MR) is 74.2 cm³/mol. The Bertz CT molecular complexity index is 340. The number of ether oxygens (including phenoxy) is 1. The molecule has 0 aromatic heterocycles. The Morgan fingerprint density at radius 2 is 2.00 bits per heavy atom. The monoisotopic (exact) mass is 300 g/mol. The molecule has 1 atom stereocenters. The van der Waals surface area contributed by atoms with Gasteiger partial charge in [0.25, 0.3) is 0 Å². The number of aliphatic hydroxyl groups is 1. The highest BCUT2D eigenvalue weighted by molar-refractivity contribution is 9.10. The maximum absolute atomic E-state index is 10.4. The summed E-state index contributed by atoms with van der Waals surface area (Å²) in [6.07, 6.45) is 1.77. The van der Waals surface area contributed by atoms with Gasteiger partial charge in [-0.15, -0.1) is 0 Å². The number of rotatable bonds is 6. The molecule has 0 radical (unpaired) electrons. The van der Waals surface area contributed by atoms with E-state index < -0.39 is 11.7 Å². The van der Waals surface area contributed by atoms with E-state index in [1.807, 2.05) is 24.3 Å². The van der Waals surface area contributed by atoms with Gasteiger partial charge < -0.3 is 9.84 Å². The largest absolute Gasteiger partial charge is 0.390 e. The second kappa shape index (κ2) is 6.53. The van der Waals surface area contributed by atoms with Crippen LogP contribution in [0, 0.1) is 0 Å². The first-order valence-corrected chi connectivity index (χ1v) is 6.85. The topological polar surface area (TPSA) is 29.5 Å². The molecular weight excluding hydrogens is 280 g/mol. The molecule has 1 N–H and O–H groups in total. The van der Waals surface area contributed by atoms with Crippen molar-refractivity contribution in [3.05, 3.63) is 34.3 Å². The van der Waals surface area contributed by atoms with E-state index in [2.05, 4.69) is 29.8 Å². The summed E-state index contributed by atoms with van der Waals surface area (Å²) in [6.45, 7) is 4.11. The van der Waals surface area contributed by atoms with Crippen LogP contribution in [0.2, 0.25) is 0 Å². The van der Waals surface area contributed by atoms with Gasteiger partial charge in [-0.3, -0.25) is 0 Å². The second-order valence-corrected chi connectivity index (χ2v) is 5.24. The molecule has 0 spiro atoms. The minimum Gasteiger partial charge on any atom is -0.390 e. The first-order valence-electron chi connectivity index (χ1n) is 6.05. The number of halogens is 1. The van der Waals surface area contributed by atoms with Crippen LogP contribution in [0.1, 0.15) is 32.3 Å². The summed E-state index contributed by atoms with van der Waals surface area (Å²) in [5.74, 6) is 0. The van der Waals surface area contributed by atoms with Gasteiger partial charge in [0.2, 0.25) is 0 Å². The molecule has 0 aliphatic carbocycles. The zero-order valence-electron chi connectivity index (χ0n) is 10.7. The third kappa shape index (κ3) is 3.54. The first kappa shape index (κ1) is 14.7. The first-order chi connectivity index (χ1) is 8.07. The highest BCUT2D eigenvalue weighted by Gasteiger charge is 2.34. The fourth-order valence-electron chi connectivity index (χ4n) is 2.22. The van der Waals surface area contributed by atoms with Crippen LogP contribution in [0.25, 0.3) is 0 Å². The van der Waals surface area contributed by atoms with Crippen molar-refractivity contribution >= 4 is 15.9 Å². The van der Waals surface area contributed by atoms with Crippen LogP contribution in [0.15, 0.2) is 28.7 Å². The molecule has 3 heteroatoms. The average molecular weight is 301 g/mol. The van der Waals surface area contributed by atoms with Gasteiger partial charge in [0.15, 0.2) is 0 Å². The Morgan fingerprint density at radius 1 is 1.35 bits per heavy atom. The number of aliphatic hydroxyl groups excluding tert-OH is 1. The number of hydrogen-bond donors (Lipinski definition) is 1. The van der Waals surface area contributed by atoms with Gasteiger partial charge in [-0.25, -0.2) is 0 Å². The summed E-state index contributed by atoms with van der Waals surface area (Å²) in [4.78, 5) is 0. The highest BCUT2D eigenvalue weighted by atomic mass is 79.9. The quantitative estimate of drug-likeness (QED) is 0.870. The third-order valence-electron chi connectivity index (χ3n) is 3.53. The Balaban J connectivity index is 2.80. The minimum atomic E-state index is -0.475. The molecule has 0 saturated heterocycles. The zero-order chi connectivity index (χ0) is 12.9. The van der Waals surface area contributed by atoms with Crippen LogP contribution in [0.3, 0.4) is 0 Å². The van der Waals surface area contributed by atoms with Gasteiger partial charge in [-0.05, 0) is 30.5 Å². The van der Waals surface area contributed by atoms with Crippen molar-refractivity contribution in [2.45, 2.75) is 44.8 Å². The summed E-state index contributed by atoms with van der Waals surface area (Å²) in [7, 11) is 1.68. The van der Waals surface area contributed by atoms with E-state index in [1.54, 1.807) is 7.11 Å². The second-order valence-electron chi connectivity index (χ2n) is 4.33.